The Kier molecular flexibility index (Phi) is 2.22. The minimum absolute atomic E-state index is 0.353. The van der Waals surface area contributed by atoms with Crippen molar-refractivity contribution in [1.82, 2.24) is 4.98 Å². The van der Waals surface area contributed by atoms with E-state index in [-0.39, 0.29) is 0 Å². The van der Waals surface area contributed by atoms with Crippen molar-refractivity contribution < 1.29 is 0 Å². The highest BCUT2D eigenvalue weighted by Crippen LogP contribution is 2.28. The van der Waals surface area contributed by atoms with Crippen LogP contribution in [0.1, 0.15) is 31.0 Å². The second-order valence-electron chi connectivity index (χ2n) is 3.28. The fraction of sp³-hybridized carbons (Fsp3) is 0.444. The van der Waals surface area contributed by atoms with Crippen LogP contribution < -0.4 is 11.5 Å². The van der Waals surface area contributed by atoms with Crippen LogP contribution in [-0.2, 0) is 0 Å². The van der Waals surface area contributed by atoms with Crippen LogP contribution in [0.15, 0.2) is 6.20 Å². The van der Waals surface area contributed by atoms with Crippen molar-refractivity contribution in [3.63, 3.8) is 0 Å². The standard InChI is InChI=1S/C9H15N3/c1-5(2)8-7(10)4-12-6(3)9(8)11/h4-5H,10-11H2,1-3H3. The average Bonchev–Trinajstić information content (AvgIpc) is 1.97. The van der Waals surface area contributed by atoms with Crippen LogP contribution in [0.4, 0.5) is 11.4 Å². The molecule has 0 saturated carbocycles. The normalized spacial score (nSPS) is 10.7. The molecule has 4 N–H and O–H groups in total. The van der Waals surface area contributed by atoms with Crippen LogP contribution in [0.3, 0.4) is 0 Å². The lowest BCUT2D eigenvalue weighted by molar-refractivity contribution is 0.867. The molecule has 0 saturated heterocycles. The summed E-state index contributed by atoms with van der Waals surface area (Å²) < 4.78 is 0. The summed E-state index contributed by atoms with van der Waals surface area (Å²) in [4.78, 5) is 4.07. The van der Waals surface area contributed by atoms with E-state index in [0.29, 0.717) is 11.6 Å². The number of aryl methyl sites for hydroxylation is 1. The van der Waals surface area contributed by atoms with Gasteiger partial charge in [0.2, 0.25) is 0 Å². The van der Waals surface area contributed by atoms with Gasteiger partial charge in [0.15, 0.2) is 0 Å². The quantitative estimate of drug-likeness (QED) is 0.665. The van der Waals surface area contributed by atoms with E-state index in [4.69, 9.17) is 11.5 Å². The predicted octanol–water partition coefficient (Wildman–Crippen LogP) is 1.68. The molecule has 0 aromatic carbocycles. The van der Waals surface area contributed by atoms with Crippen molar-refractivity contribution in [3.8, 4) is 0 Å². The third-order valence-corrected chi connectivity index (χ3v) is 1.97. The first-order valence-corrected chi connectivity index (χ1v) is 4.04. The molecule has 1 aromatic heterocycles. The molecule has 12 heavy (non-hydrogen) atoms. The van der Waals surface area contributed by atoms with Gasteiger partial charge in [-0.05, 0) is 12.8 Å². The molecule has 1 aromatic rings. The molecule has 0 radical (unpaired) electrons. The number of nitrogens with two attached hydrogens (primary N) is 2. The number of rotatable bonds is 1. The van der Waals surface area contributed by atoms with Crippen molar-refractivity contribution in [2.24, 2.45) is 0 Å². The average molecular weight is 165 g/mol. The van der Waals surface area contributed by atoms with Crippen molar-refractivity contribution in [2.45, 2.75) is 26.7 Å². The highest BCUT2D eigenvalue weighted by atomic mass is 14.8. The molecule has 0 aliphatic rings. The van der Waals surface area contributed by atoms with Gasteiger partial charge in [-0.2, -0.15) is 0 Å². The molecule has 0 unspecified atom stereocenters. The zero-order chi connectivity index (χ0) is 9.30. The Morgan fingerprint density at radius 3 is 2.33 bits per heavy atom. The number of aromatic nitrogens is 1. The van der Waals surface area contributed by atoms with E-state index >= 15 is 0 Å². The molecular formula is C9H15N3. The van der Waals surface area contributed by atoms with E-state index in [0.717, 1.165) is 16.9 Å². The van der Waals surface area contributed by atoms with Crippen molar-refractivity contribution >= 4 is 11.4 Å². The highest BCUT2D eigenvalue weighted by Gasteiger charge is 2.10. The van der Waals surface area contributed by atoms with Gasteiger partial charge in [0.1, 0.15) is 0 Å². The molecule has 1 rings (SSSR count). The minimum atomic E-state index is 0.353. The van der Waals surface area contributed by atoms with Crippen LogP contribution in [0.2, 0.25) is 0 Å². The van der Waals surface area contributed by atoms with Crippen molar-refractivity contribution in [3.05, 3.63) is 17.5 Å². The van der Waals surface area contributed by atoms with Gasteiger partial charge in [-0.1, -0.05) is 13.8 Å². The molecule has 3 nitrogen and oxygen atoms in total. The molecule has 3 heteroatoms. The van der Waals surface area contributed by atoms with Gasteiger partial charge < -0.3 is 11.5 Å². The third-order valence-electron chi connectivity index (χ3n) is 1.97. The third kappa shape index (κ3) is 1.35. The lowest BCUT2D eigenvalue weighted by Crippen LogP contribution is -2.05. The summed E-state index contributed by atoms with van der Waals surface area (Å²) in [6.07, 6.45) is 1.67. The summed E-state index contributed by atoms with van der Waals surface area (Å²) in [5.41, 5.74) is 14.9. The van der Waals surface area contributed by atoms with Gasteiger partial charge >= 0.3 is 0 Å². The van der Waals surface area contributed by atoms with Crippen LogP contribution in [-0.4, -0.2) is 4.98 Å². The zero-order valence-electron chi connectivity index (χ0n) is 7.76. The maximum atomic E-state index is 5.84. The molecular weight excluding hydrogens is 150 g/mol. The number of nitrogen functional groups attached to an aromatic ring is 2. The smallest absolute Gasteiger partial charge is 0.0606 e. The molecule has 0 bridgehead atoms. The number of anilines is 2. The Morgan fingerprint density at radius 1 is 1.33 bits per heavy atom. The Labute approximate surface area is 72.8 Å². The second kappa shape index (κ2) is 3.01. The molecule has 0 atom stereocenters. The first-order valence-electron chi connectivity index (χ1n) is 4.04. The Hall–Kier alpha value is -1.25. The van der Waals surface area contributed by atoms with Gasteiger partial charge in [-0.15, -0.1) is 0 Å². The highest BCUT2D eigenvalue weighted by molar-refractivity contribution is 5.63. The van der Waals surface area contributed by atoms with Crippen LogP contribution in [0.5, 0.6) is 0 Å². The van der Waals surface area contributed by atoms with E-state index in [1.807, 2.05) is 6.92 Å². The maximum Gasteiger partial charge on any atom is 0.0606 e. The minimum Gasteiger partial charge on any atom is -0.397 e. The molecule has 66 valence electrons. The monoisotopic (exact) mass is 165 g/mol. The predicted molar refractivity (Wildman–Crippen MR) is 51.9 cm³/mol. The van der Waals surface area contributed by atoms with Gasteiger partial charge in [-0.25, -0.2) is 0 Å². The number of hydrogen-bond acceptors (Lipinski definition) is 3. The van der Waals surface area contributed by atoms with Gasteiger partial charge in [0.05, 0.1) is 23.3 Å². The molecule has 0 spiro atoms. The lowest BCUT2D eigenvalue weighted by Gasteiger charge is -2.13. The summed E-state index contributed by atoms with van der Waals surface area (Å²) in [6.45, 7) is 6.03. The zero-order valence-corrected chi connectivity index (χ0v) is 7.76. The summed E-state index contributed by atoms with van der Waals surface area (Å²) in [5.74, 6) is 0.353. The van der Waals surface area contributed by atoms with E-state index in [2.05, 4.69) is 18.8 Å². The molecule has 0 amide bonds. The van der Waals surface area contributed by atoms with Crippen LogP contribution in [0.25, 0.3) is 0 Å². The van der Waals surface area contributed by atoms with E-state index in [1.165, 1.54) is 0 Å². The number of pyridine rings is 1. The van der Waals surface area contributed by atoms with Crippen LogP contribution in [0, 0.1) is 6.92 Å². The van der Waals surface area contributed by atoms with Crippen molar-refractivity contribution in [1.29, 1.82) is 0 Å². The van der Waals surface area contributed by atoms with Crippen molar-refractivity contribution in [2.75, 3.05) is 11.5 Å². The van der Waals surface area contributed by atoms with E-state index in [1.54, 1.807) is 6.20 Å². The topological polar surface area (TPSA) is 64.9 Å². The van der Waals surface area contributed by atoms with E-state index < -0.39 is 0 Å². The van der Waals surface area contributed by atoms with Gasteiger partial charge in [-0.3, -0.25) is 4.98 Å². The lowest BCUT2D eigenvalue weighted by atomic mass is 10.00. The summed E-state index contributed by atoms with van der Waals surface area (Å²) >= 11 is 0. The first kappa shape index (κ1) is 8.84. The maximum absolute atomic E-state index is 5.84. The Balaban J connectivity index is 3.33. The fourth-order valence-corrected chi connectivity index (χ4v) is 1.30. The first-order chi connectivity index (χ1) is 5.54. The Morgan fingerprint density at radius 2 is 1.92 bits per heavy atom. The van der Waals surface area contributed by atoms with Crippen LogP contribution >= 0.6 is 0 Å². The summed E-state index contributed by atoms with van der Waals surface area (Å²) in [5, 5.41) is 0. The SMILES string of the molecule is Cc1ncc(N)c(C(C)C)c1N. The van der Waals surface area contributed by atoms with Gasteiger partial charge in [0, 0.05) is 5.56 Å². The molecule has 0 aliphatic heterocycles. The summed E-state index contributed by atoms with van der Waals surface area (Å²) in [6, 6.07) is 0. The second-order valence-corrected chi connectivity index (χ2v) is 3.28. The fourth-order valence-electron chi connectivity index (χ4n) is 1.30. The molecule has 1 heterocycles. The molecule has 0 fully saturated rings. The number of nitrogens with zero attached hydrogens (tertiary/aromatic N) is 1. The Bertz CT molecular complexity index is 292. The van der Waals surface area contributed by atoms with Gasteiger partial charge in [0.25, 0.3) is 0 Å². The number of hydrogen-bond donors (Lipinski definition) is 2. The largest absolute Gasteiger partial charge is 0.397 e. The molecule has 0 aliphatic carbocycles. The summed E-state index contributed by atoms with van der Waals surface area (Å²) in [7, 11) is 0. The van der Waals surface area contributed by atoms with E-state index in [9.17, 15) is 0 Å².